The third-order valence-electron chi connectivity index (χ3n) is 4.43. The number of nitrogens with one attached hydrogen (secondary N) is 3. The average molecular weight is 388 g/mol. The summed E-state index contributed by atoms with van der Waals surface area (Å²) in [6, 6.07) is 2.69. The van der Waals surface area contributed by atoms with E-state index >= 15 is 0 Å². The molecule has 0 aromatic heterocycles. The van der Waals surface area contributed by atoms with E-state index in [1.54, 1.807) is 0 Å². The number of guanidine groups is 1. The number of amides is 1. The lowest BCUT2D eigenvalue weighted by atomic mass is 9.95. The Bertz CT molecular complexity index is 670. The van der Waals surface area contributed by atoms with E-state index in [-0.39, 0.29) is 36.6 Å². The van der Waals surface area contributed by atoms with Gasteiger partial charge in [-0.1, -0.05) is 25.3 Å². The van der Waals surface area contributed by atoms with Gasteiger partial charge < -0.3 is 16.0 Å². The van der Waals surface area contributed by atoms with Crippen LogP contribution in [0.3, 0.4) is 0 Å². The minimum Gasteiger partial charge on any atom is -0.352 e. The van der Waals surface area contributed by atoms with Crippen molar-refractivity contribution in [1.29, 1.82) is 0 Å². The third kappa shape index (κ3) is 6.73. The van der Waals surface area contributed by atoms with Crippen LogP contribution in [-0.2, 0) is 17.5 Å². The predicted octanol–water partition coefficient (Wildman–Crippen LogP) is 2.96. The zero-order chi connectivity index (χ0) is 19.9. The molecule has 0 bridgehead atoms. The van der Waals surface area contributed by atoms with Crippen LogP contribution < -0.4 is 16.0 Å². The zero-order valence-electron chi connectivity index (χ0n) is 15.1. The lowest BCUT2D eigenvalue weighted by Crippen LogP contribution is -2.45. The summed E-state index contributed by atoms with van der Waals surface area (Å²) < 4.78 is 52.2. The topological polar surface area (TPSA) is 65.5 Å². The van der Waals surface area contributed by atoms with Crippen LogP contribution in [0.4, 0.5) is 17.6 Å². The van der Waals surface area contributed by atoms with E-state index < -0.39 is 17.6 Å². The molecule has 1 saturated carbocycles. The van der Waals surface area contributed by atoms with Gasteiger partial charge in [-0.05, 0) is 30.5 Å². The molecule has 1 aliphatic rings. The smallest absolute Gasteiger partial charge is 0.352 e. The molecule has 0 spiro atoms. The fourth-order valence-electron chi connectivity index (χ4n) is 3.06. The van der Waals surface area contributed by atoms with Gasteiger partial charge in [0.15, 0.2) is 5.96 Å². The number of alkyl halides is 3. The zero-order valence-corrected chi connectivity index (χ0v) is 15.1. The first-order valence-electron chi connectivity index (χ1n) is 8.89. The minimum atomic E-state index is -4.66. The first-order chi connectivity index (χ1) is 12.8. The molecule has 1 fully saturated rings. The summed E-state index contributed by atoms with van der Waals surface area (Å²) in [6.07, 6.45) is 0.648. The first-order valence-corrected chi connectivity index (χ1v) is 8.89. The van der Waals surface area contributed by atoms with Gasteiger partial charge in [0.2, 0.25) is 5.91 Å². The van der Waals surface area contributed by atoms with E-state index in [0.717, 1.165) is 37.8 Å². The first kappa shape index (κ1) is 21.0. The fourth-order valence-corrected chi connectivity index (χ4v) is 3.06. The molecule has 1 amide bonds. The maximum absolute atomic E-state index is 13.1. The highest BCUT2D eigenvalue weighted by molar-refractivity contribution is 5.86. The summed E-state index contributed by atoms with van der Waals surface area (Å²) in [5.41, 5.74) is -1.15. The lowest BCUT2D eigenvalue weighted by molar-refractivity contribution is -0.138. The molecule has 27 heavy (non-hydrogen) atoms. The number of benzene rings is 1. The third-order valence-corrected chi connectivity index (χ3v) is 4.43. The molecule has 0 radical (unpaired) electrons. The van der Waals surface area contributed by atoms with Crippen LogP contribution in [0.1, 0.15) is 43.2 Å². The van der Waals surface area contributed by atoms with Gasteiger partial charge in [-0.25, -0.2) is 4.39 Å². The fraction of sp³-hybridized carbons (Fsp3) is 0.556. The molecular weight excluding hydrogens is 364 g/mol. The lowest BCUT2D eigenvalue weighted by Gasteiger charge is -2.23. The van der Waals surface area contributed by atoms with Crippen molar-refractivity contribution in [2.45, 2.75) is 50.9 Å². The molecule has 5 nitrogen and oxygen atoms in total. The van der Waals surface area contributed by atoms with Crippen molar-refractivity contribution < 1.29 is 22.4 Å². The molecule has 1 aliphatic carbocycles. The number of nitrogens with zero attached hydrogens (tertiary/aromatic N) is 1. The molecule has 0 aliphatic heterocycles. The van der Waals surface area contributed by atoms with Crippen molar-refractivity contribution in [1.82, 2.24) is 16.0 Å². The van der Waals surface area contributed by atoms with E-state index in [2.05, 4.69) is 20.9 Å². The van der Waals surface area contributed by atoms with Gasteiger partial charge in [-0.3, -0.25) is 9.79 Å². The molecule has 9 heteroatoms. The van der Waals surface area contributed by atoms with Crippen LogP contribution in [0.15, 0.2) is 23.2 Å². The number of carbonyl (C=O) groups is 1. The van der Waals surface area contributed by atoms with Gasteiger partial charge in [-0.2, -0.15) is 13.2 Å². The van der Waals surface area contributed by atoms with Crippen LogP contribution >= 0.6 is 0 Å². The Balaban J connectivity index is 1.86. The van der Waals surface area contributed by atoms with Crippen molar-refractivity contribution >= 4 is 11.9 Å². The monoisotopic (exact) mass is 388 g/mol. The molecule has 1 aromatic carbocycles. The highest BCUT2D eigenvalue weighted by Crippen LogP contribution is 2.32. The van der Waals surface area contributed by atoms with Gasteiger partial charge in [0.25, 0.3) is 0 Å². The van der Waals surface area contributed by atoms with Gasteiger partial charge in [-0.15, -0.1) is 0 Å². The highest BCUT2D eigenvalue weighted by Gasteiger charge is 2.33. The van der Waals surface area contributed by atoms with Crippen LogP contribution in [0, 0.1) is 5.82 Å². The molecule has 150 valence electrons. The van der Waals surface area contributed by atoms with Crippen LogP contribution in [0.2, 0.25) is 0 Å². The van der Waals surface area contributed by atoms with E-state index in [1.807, 2.05) is 0 Å². The summed E-state index contributed by atoms with van der Waals surface area (Å²) in [6.45, 7) is -0.245. The molecule has 1 aromatic rings. The predicted molar refractivity (Wildman–Crippen MR) is 94.6 cm³/mol. The van der Waals surface area contributed by atoms with Crippen LogP contribution in [0.25, 0.3) is 0 Å². The quantitative estimate of drug-likeness (QED) is 0.413. The van der Waals surface area contributed by atoms with E-state index in [9.17, 15) is 22.4 Å². The van der Waals surface area contributed by atoms with E-state index in [0.29, 0.717) is 6.07 Å². The van der Waals surface area contributed by atoms with Crippen molar-refractivity contribution in [2.24, 2.45) is 4.99 Å². The van der Waals surface area contributed by atoms with Crippen molar-refractivity contribution in [3.05, 3.63) is 35.1 Å². The maximum atomic E-state index is 13.1. The number of aliphatic imine (C=N–C) groups is 1. The Kier molecular flexibility index (Phi) is 7.44. The summed E-state index contributed by atoms with van der Waals surface area (Å²) >= 11 is 0. The second-order valence-electron chi connectivity index (χ2n) is 6.48. The molecule has 0 atom stereocenters. The summed E-state index contributed by atoms with van der Waals surface area (Å²) in [5, 5.41) is 8.42. The van der Waals surface area contributed by atoms with Crippen molar-refractivity contribution in [3.8, 4) is 0 Å². The molecule has 0 unspecified atom stereocenters. The number of halogens is 4. The van der Waals surface area contributed by atoms with Crippen LogP contribution in [0.5, 0.6) is 0 Å². The molecule has 0 saturated heterocycles. The van der Waals surface area contributed by atoms with Gasteiger partial charge in [0.1, 0.15) is 5.82 Å². The van der Waals surface area contributed by atoms with Crippen molar-refractivity contribution in [2.75, 3.05) is 13.6 Å². The average Bonchev–Trinajstić information content (AvgIpc) is 2.62. The van der Waals surface area contributed by atoms with Crippen molar-refractivity contribution in [3.63, 3.8) is 0 Å². The molecule has 2 rings (SSSR count). The Morgan fingerprint density at radius 3 is 2.52 bits per heavy atom. The number of hydrogen-bond donors (Lipinski definition) is 3. The van der Waals surface area contributed by atoms with Gasteiger partial charge >= 0.3 is 6.18 Å². The maximum Gasteiger partial charge on any atom is 0.416 e. The van der Waals surface area contributed by atoms with Crippen LogP contribution in [-0.4, -0.2) is 31.5 Å². The summed E-state index contributed by atoms with van der Waals surface area (Å²) in [4.78, 5) is 15.9. The Morgan fingerprint density at radius 2 is 1.89 bits per heavy atom. The standard InChI is InChI=1S/C18H24F4N4O/c1-23-17(25-11-16(27)26-14-5-3-2-4-6-14)24-10-12-7-8-13(19)9-15(12)18(20,21)22/h7-9,14H,2-6,10-11H2,1H3,(H,26,27)(H2,23,24,25). The summed E-state index contributed by atoms with van der Waals surface area (Å²) in [7, 11) is 1.45. The number of hydrogen-bond acceptors (Lipinski definition) is 2. The highest BCUT2D eigenvalue weighted by atomic mass is 19.4. The Labute approximate surface area is 155 Å². The second kappa shape index (κ2) is 9.57. The number of rotatable bonds is 5. The second-order valence-corrected chi connectivity index (χ2v) is 6.48. The Hall–Kier alpha value is -2.32. The summed E-state index contributed by atoms with van der Waals surface area (Å²) in [5.74, 6) is -0.957. The molecule has 0 heterocycles. The molecule has 3 N–H and O–H groups in total. The molecular formula is C18H24F4N4O. The number of carbonyl (C=O) groups excluding carboxylic acids is 1. The normalized spacial score (nSPS) is 16.1. The SMILES string of the molecule is CN=C(NCC(=O)NC1CCCCC1)NCc1ccc(F)cc1C(F)(F)F. The largest absolute Gasteiger partial charge is 0.416 e. The van der Waals surface area contributed by atoms with E-state index in [4.69, 9.17) is 0 Å². The van der Waals surface area contributed by atoms with Gasteiger partial charge in [0.05, 0.1) is 12.1 Å². The van der Waals surface area contributed by atoms with E-state index in [1.165, 1.54) is 13.5 Å². The minimum absolute atomic E-state index is 0.0360. The Morgan fingerprint density at radius 1 is 1.19 bits per heavy atom. The van der Waals surface area contributed by atoms with Gasteiger partial charge in [0, 0.05) is 19.6 Å².